The van der Waals surface area contributed by atoms with Crippen LogP contribution in [0, 0.1) is 5.92 Å². The summed E-state index contributed by atoms with van der Waals surface area (Å²) in [6, 6.07) is 17.4. The molecule has 3 rings (SSSR count). The fraction of sp³-hybridized carbons (Fsp3) is 0.333. The van der Waals surface area contributed by atoms with E-state index in [0.717, 1.165) is 16.9 Å². The van der Waals surface area contributed by atoms with Gasteiger partial charge in [0.15, 0.2) is 0 Å². The second-order valence-electron chi connectivity index (χ2n) is 6.66. The molecule has 1 saturated heterocycles. The van der Waals surface area contributed by atoms with Gasteiger partial charge in [-0.25, -0.2) is 0 Å². The number of carbonyl (C=O) groups is 2. The molecule has 5 heteroatoms. The number of rotatable bonds is 6. The number of amides is 2. The first-order valence-corrected chi connectivity index (χ1v) is 8.83. The van der Waals surface area contributed by atoms with E-state index in [1.165, 1.54) is 0 Å². The molecule has 2 atom stereocenters. The lowest BCUT2D eigenvalue weighted by atomic mass is 10.1. The maximum absolute atomic E-state index is 12.5. The molecule has 2 aromatic carbocycles. The van der Waals surface area contributed by atoms with Gasteiger partial charge in [-0.1, -0.05) is 42.5 Å². The van der Waals surface area contributed by atoms with Crippen molar-refractivity contribution in [2.45, 2.75) is 25.9 Å². The monoisotopic (exact) mass is 352 g/mol. The standard InChI is InChI=1S/C21H24N2O3/c1-15(17-6-4-3-5-7-17)22-21(25)18-12-20(24)23(14-18)13-16-8-10-19(26-2)11-9-16/h3-11,15,18H,12-14H2,1-2H3,(H,22,25). The fourth-order valence-electron chi connectivity index (χ4n) is 3.21. The summed E-state index contributed by atoms with van der Waals surface area (Å²) in [6.45, 7) is 2.93. The Morgan fingerprint density at radius 2 is 1.88 bits per heavy atom. The van der Waals surface area contributed by atoms with Crippen molar-refractivity contribution in [3.8, 4) is 5.75 Å². The first-order chi connectivity index (χ1) is 12.6. The number of hydrogen-bond acceptors (Lipinski definition) is 3. The molecule has 26 heavy (non-hydrogen) atoms. The summed E-state index contributed by atoms with van der Waals surface area (Å²) in [5, 5.41) is 3.02. The van der Waals surface area contributed by atoms with Crippen LogP contribution in [0.5, 0.6) is 5.75 Å². The van der Waals surface area contributed by atoms with Crippen molar-refractivity contribution >= 4 is 11.8 Å². The number of likely N-dealkylation sites (tertiary alicyclic amines) is 1. The van der Waals surface area contributed by atoms with E-state index < -0.39 is 0 Å². The van der Waals surface area contributed by atoms with E-state index in [0.29, 0.717) is 13.1 Å². The Kier molecular flexibility index (Phi) is 5.56. The Balaban J connectivity index is 1.57. The topological polar surface area (TPSA) is 58.6 Å². The lowest BCUT2D eigenvalue weighted by Gasteiger charge is -2.19. The second-order valence-corrected chi connectivity index (χ2v) is 6.66. The Morgan fingerprint density at radius 1 is 1.19 bits per heavy atom. The molecular weight excluding hydrogens is 328 g/mol. The van der Waals surface area contributed by atoms with Gasteiger partial charge in [0.2, 0.25) is 11.8 Å². The molecule has 1 heterocycles. The first kappa shape index (κ1) is 18.0. The average molecular weight is 352 g/mol. The smallest absolute Gasteiger partial charge is 0.225 e. The zero-order valence-corrected chi connectivity index (χ0v) is 15.1. The number of benzene rings is 2. The summed E-state index contributed by atoms with van der Waals surface area (Å²) in [5.41, 5.74) is 2.08. The highest BCUT2D eigenvalue weighted by Crippen LogP contribution is 2.22. The Morgan fingerprint density at radius 3 is 2.54 bits per heavy atom. The summed E-state index contributed by atoms with van der Waals surface area (Å²) in [4.78, 5) is 26.6. The maximum atomic E-state index is 12.5. The molecule has 2 unspecified atom stereocenters. The third-order valence-corrected chi connectivity index (χ3v) is 4.78. The van der Waals surface area contributed by atoms with Crippen LogP contribution in [0.4, 0.5) is 0 Å². The van der Waals surface area contributed by atoms with Crippen LogP contribution in [0.2, 0.25) is 0 Å². The van der Waals surface area contributed by atoms with E-state index >= 15 is 0 Å². The predicted octanol–water partition coefficient (Wildman–Crippen LogP) is 2.92. The van der Waals surface area contributed by atoms with Crippen molar-refractivity contribution < 1.29 is 14.3 Å². The van der Waals surface area contributed by atoms with E-state index in [9.17, 15) is 9.59 Å². The minimum atomic E-state index is -0.299. The van der Waals surface area contributed by atoms with E-state index in [4.69, 9.17) is 4.74 Å². The van der Waals surface area contributed by atoms with Gasteiger partial charge in [0, 0.05) is 19.5 Å². The number of nitrogens with one attached hydrogen (secondary N) is 1. The molecule has 136 valence electrons. The molecule has 1 aliphatic heterocycles. The highest BCUT2D eigenvalue weighted by Gasteiger charge is 2.34. The zero-order chi connectivity index (χ0) is 18.5. The van der Waals surface area contributed by atoms with Crippen LogP contribution >= 0.6 is 0 Å². The van der Waals surface area contributed by atoms with Crippen LogP contribution in [0.3, 0.4) is 0 Å². The molecule has 1 fully saturated rings. The summed E-state index contributed by atoms with van der Waals surface area (Å²) in [5.74, 6) is 0.445. The molecular formula is C21H24N2O3. The van der Waals surface area contributed by atoms with Crippen molar-refractivity contribution in [1.82, 2.24) is 10.2 Å². The van der Waals surface area contributed by atoms with Gasteiger partial charge in [-0.05, 0) is 30.2 Å². The fourth-order valence-corrected chi connectivity index (χ4v) is 3.21. The number of ether oxygens (including phenoxy) is 1. The Bertz CT molecular complexity index is 759. The minimum Gasteiger partial charge on any atom is -0.497 e. The quantitative estimate of drug-likeness (QED) is 0.870. The van der Waals surface area contributed by atoms with E-state index in [2.05, 4.69) is 5.32 Å². The van der Waals surface area contributed by atoms with Crippen molar-refractivity contribution in [2.75, 3.05) is 13.7 Å². The van der Waals surface area contributed by atoms with Crippen LogP contribution in [-0.2, 0) is 16.1 Å². The van der Waals surface area contributed by atoms with Gasteiger partial charge < -0.3 is 15.0 Å². The van der Waals surface area contributed by atoms with Gasteiger partial charge in [-0.15, -0.1) is 0 Å². The predicted molar refractivity (Wildman–Crippen MR) is 99.5 cm³/mol. The lowest BCUT2D eigenvalue weighted by molar-refractivity contribution is -0.129. The highest BCUT2D eigenvalue weighted by molar-refractivity contribution is 5.89. The summed E-state index contributed by atoms with van der Waals surface area (Å²) in [7, 11) is 1.62. The van der Waals surface area contributed by atoms with Crippen molar-refractivity contribution in [2.24, 2.45) is 5.92 Å². The molecule has 2 aromatic rings. The lowest BCUT2D eigenvalue weighted by Crippen LogP contribution is -2.34. The van der Waals surface area contributed by atoms with E-state index in [-0.39, 0.29) is 30.2 Å². The van der Waals surface area contributed by atoms with Gasteiger partial charge in [-0.3, -0.25) is 9.59 Å². The third-order valence-electron chi connectivity index (χ3n) is 4.78. The maximum Gasteiger partial charge on any atom is 0.225 e. The van der Waals surface area contributed by atoms with Crippen LogP contribution in [-0.4, -0.2) is 30.4 Å². The van der Waals surface area contributed by atoms with Gasteiger partial charge in [0.1, 0.15) is 5.75 Å². The van der Waals surface area contributed by atoms with Crippen LogP contribution in [0.1, 0.15) is 30.5 Å². The zero-order valence-electron chi connectivity index (χ0n) is 15.1. The molecule has 0 radical (unpaired) electrons. The Hall–Kier alpha value is -2.82. The van der Waals surface area contributed by atoms with Gasteiger partial charge >= 0.3 is 0 Å². The number of hydrogen-bond donors (Lipinski definition) is 1. The van der Waals surface area contributed by atoms with E-state index in [1.54, 1.807) is 12.0 Å². The second kappa shape index (κ2) is 8.04. The van der Waals surface area contributed by atoms with Crippen LogP contribution in [0.25, 0.3) is 0 Å². The van der Waals surface area contributed by atoms with Gasteiger partial charge in [0.25, 0.3) is 0 Å². The molecule has 1 aliphatic rings. The Labute approximate surface area is 154 Å². The van der Waals surface area contributed by atoms with Crippen molar-refractivity contribution in [1.29, 1.82) is 0 Å². The third kappa shape index (κ3) is 4.23. The molecule has 5 nitrogen and oxygen atoms in total. The number of nitrogens with zero attached hydrogens (tertiary/aromatic N) is 1. The SMILES string of the molecule is COc1ccc(CN2CC(C(=O)NC(C)c3ccccc3)CC2=O)cc1. The molecule has 0 spiro atoms. The van der Waals surface area contributed by atoms with Crippen molar-refractivity contribution in [3.05, 3.63) is 65.7 Å². The average Bonchev–Trinajstić information content (AvgIpc) is 3.03. The molecule has 0 aromatic heterocycles. The molecule has 0 saturated carbocycles. The van der Waals surface area contributed by atoms with Gasteiger partial charge in [-0.2, -0.15) is 0 Å². The number of carbonyl (C=O) groups excluding carboxylic acids is 2. The highest BCUT2D eigenvalue weighted by atomic mass is 16.5. The summed E-state index contributed by atoms with van der Waals surface area (Å²) >= 11 is 0. The minimum absolute atomic E-state index is 0.0216. The molecule has 0 aliphatic carbocycles. The molecule has 1 N–H and O–H groups in total. The normalized spacial score (nSPS) is 17.8. The summed E-state index contributed by atoms with van der Waals surface area (Å²) < 4.78 is 5.15. The van der Waals surface area contributed by atoms with Crippen LogP contribution < -0.4 is 10.1 Å². The van der Waals surface area contributed by atoms with Crippen molar-refractivity contribution in [3.63, 3.8) is 0 Å². The van der Waals surface area contributed by atoms with Gasteiger partial charge in [0.05, 0.1) is 19.1 Å². The first-order valence-electron chi connectivity index (χ1n) is 8.83. The molecule has 2 amide bonds. The molecule has 0 bridgehead atoms. The largest absolute Gasteiger partial charge is 0.497 e. The van der Waals surface area contributed by atoms with E-state index in [1.807, 2.05) is 61.5 Å². The van der Waals surface area contributed by atoms with Crippen LogP contribution in [0.15, 0.2) is 54.6 Å². The summed E-state index contributed by atoms with van der Waals surface area (Å²) in [6.07, 6.45) is 0.267. The number of methoxy groups -OCH3 is 1.